The van der Waals surface area contributed by atoms with Crippen molar-refractivity contribution in [1.82, 2.24) is 9.88 Å². The summed E-state index contributed by atoms with van der Waals surface area (Å²) in [6, 6.07) is 10.8. The second-order valence-electron chi connectivity index (χ2n) is 9.08. The van der Waals surface area contributed by atoms with Gasteiger partial charge in [0.15, 0.2) is 5.01 Å². The predicted octanol–water partition coefficient (Wildman–Crippen LogP) is 4.66. The van der Waals surface area contributed by atoms with Crippen LogP contribution < -0.4 is 10.6 Å². The van der Waals surface area contributed by atoms with E-state index in [1.807, 2.05) is 0 Å². The first-order valence-corrected chi connectivity index (χ1v) is 12.9. The fourth-order valence-electron chi connectivity index (χ4n) is 4.09. The molecule has 0 aliphatic carbocycles. The van der Waals surface area contributed by atoms with Gasteiger partial charge < -0.3 is 15.4 Å². The monoisotopic (exact) mass is 524 g/mol. The molecule has 0 spiro atoms. The summed E-state index contributed by atoms with van der Waals surface area (Å²) in [6.07, 6.45) is 1.22. The van der Waals surface area contributed by atoms with Crippen molar-refractivity contribution in [3.05, 3.63) is 75.0 Å². The Morgan fingerprint density at radius 1 is 1.14 bits per heavy atom. The molecule has 0 atom stereocenters. The quantitative estimate of drug-likeness (QED) is 0.416. The smallest absolute Gasteiger partial charge is 0.337 e. The highest BCUT2D eigenvalue weighted by Gasteiger charge is 2.25. The van der Waals surface area contributed by atoms with E-state index in [4.69, 9.17) is 4.74 Å². The molecule has 1 aliphatic rings. The van der Waals surface area contributed by atoms with E-state index in [2.05, 4.69) is 34.4 Å². The third-order valence-corrected chi connectivity index (χ3v) is 7.30. The zero-order chi connectivity index (χ0) is 26.5. The second-order valence-corrected chi connectivity index (χ2v) is 10.2. The summed E-state index contributed by atoms with van der Waals surface area (Å²) in [7, 11) is 1.29. The Bertz CT molecular complexity index is 1310. The molecule has 0 bridgehead atoms. The van der Waals surface area contributed by atoms with E-state index in [0.29, 0.717) is 34.4 Å². The number of hydrogen-bond donors (Lipinski definition) is 2. The van der Waals surface area contributed by atoms with Gasteiger partial charge >= 0.3 is 5.97 Å². The number of esters is 1. The van der Waals surface area contributed by atoms with Crippen LogP contribution in [0.1, 0.15) is 56.6 Å². The summed E-state index contributed by atoms with van der Waals surface area (Å²) in [6.45, 7) is 5.97. The molecule has 37 heavy (non-hydrogen) atoms. The highest BCUT2D eigenvalue weighted by molar-refractivity contribution is 7.13. The number of anilines is 2. The molecule has 194 valence electrons. The molecule has 3 aromatic rings. The van der Waals surface area contributed by atoms with Gasteiger partial charge in [0.05, 0.1) is 18.4 Å². The molecule has 4 rings (SSSR count). The number of aryl methyl sites for hydroxylation is 1. The minimum Gasteiger partial charge on any atom is -0.465 e. The lowest BCUT2D eigenvalue weighted by molar-refractivity contribution is -0.116. The lowest BCUT2D eigenvalue weighted by Crippen LogP contribution is -2.35. The van der Waals surface area contributed by atoms with Crippen molar-refractivity contribution < 1.29 is 23.5 Å². The lowest BCUT2D eigenvalue weighted by atomic mass is 10.0. The fourth-order valence-corrected chi connectivity index (χ4v) is 5.12. The second kappa shape index (κ2) is 11.6. The fraction of sp³-hybridized carbons (Fsp3) is 0.333. The van der Waals surface area contributed by atoms with E-state index in [1.54, 1.807) is 18.2 Å². The van der Waals surface area contributed by atoms with Crippen LogP contribution in [-0.4, -0.2) is 47.4 Å². The number of rotatable bonds is 8. The van der Waals surface area contributed by atoms with Gasteiger partial charge in [-0.3, -0.25) is 14.5 Å². The van der Waals surface area contributed by atoms with Crippen LogP contribution in [0.3, 0.4) is 0 Å². The number of amides is 2. The Morgan fingerprint density at radius 3 is 2.59 bits per heavy atom. The number of methoxy groups -OCH3 is 1. The normalized spacial score (nSPS) is 13.2. The molecule has 10 heteroatoms. The Balaban J connectivity index is 1.49. The van der Waals surface area contributed by atoms with Crippen LogP contribution in [0.15, 0.2) is 42.5 Å². The summed E-state index contributed by atoms with van der Waals surface area (Å²) in [4.78, 5) is 45.7. The minimum absolute atomic E-state index is 0.119. The zero-order valence-electron chi connectivity index (χ0n) is 21.0. The first-order valence-electron chi connectivity index (χ1n) is 12.0. The SMILES string of the molecule is COC(=O)c1ccc(CCC(=O)Nc2ccc(F)cc2)c(NC(=O)c2nc3c(s2)CN(C(C)C)CC3)c1. The Labute approximate surface area is 218 Å². The van der Waals surface area contributed by atoms with Crippen LogP contribution in [-0.2, 0) is 28.9 Å². The molecule has 0 fully saturated rings. The molecule has 0 radical (unpaired) electrons. The van der Waals surface area contributed by atoms with Gasteiger partial charge in [0.1, 0.15) is 5.82 Å². The lowest BCUT2D eigenvalue weighted by Gasteiger charge is -2.29. The van der Waals surface area contributed by atoms with Crippen molar-refractivity contribution >= 4 is 40.5 Å². The summed E-state index contributed by atoms with van der Waals surface area (Å²) >= 11 is 1.38. The van der Waals surface area contributed by atoms with Gasteiger partial charge in [0, 0.05) is 48.2 Å². The maximum atomic E-state index is 13.2. The number of hydrogen-bond acceptors (Lipinski definition) is 7. The molecular weight excluding hydrogens is 495 g/mol. The van der Waals surface area contributed by atoms with Gasteiger partial charge in [0.25, 0.3) is 5.91 Å². The number of thiazole rings is 1. The largest absolute Gasteiger partial charge is 0.465 e. The summed E-state index contributed by atoms with van der Waals surface area (Å²) in [5.41, 5.74) is 2.82. The van der Waals surface area contributed by atoms with E-state index in [0.717, 1.165) is 30.1 Å². The number of carbonyl (C=O) groups is 3. The van der Waals surface area contributed by atoms with Gasteiger partial charge in [0.2, 0.25) is 5.91 Å². The van der Waals surface area contributed by atoms with Crippen molar-refractivity contribution in [3.63, 3.8) is 0 Å². The molecule has 1 aliphatic heterocycles. The van der Waals surface area contributed by atoms with Crippen LogP contribution in [0.4, 0.5) is 15.8 Å². The summed E-state index contributed by atoms with van der Waals surface area (Å²) in [5.74, 6) is -1.55. The number of halogens is 1. The van der Waals surface area contributed by atoms with Gasteiger partial charge in [-0.25, -0.2) is 14.2 Å². The molecule has 0 unspecified atom stereocenters. The Hall–Kier alpha value is -3.63. The van der Waals surface area contributed by atoms with Crippen LogP contribution in [0, 0.1) is 5.82 Å². The molecule has 2 N–H and O–H groups in total. The van der Waals surface area contributed by atoms with E-state index in [9.17, 15) is 18.8 Å². The Morgan fingerprint density at radius 2 is 1.89 bits per heavy atom. The van der Waals surface area contributed by atoms with Crippen molar-refractivity contribution in [2.45, 2.75) is 45.7 Å². The zero-order valence-corrected chi connectivity index (χ0v) is 21.8. The highest BCUT2D eigenvalue weighted by atomic mass is 32.1. The van der Waals surface area contributed by atoms with Crippen molar-refractivity contribution in [2.24, 2.45) is 0 Å². The average Bonchev–Trinajstić information content (AvgIpc) is 3.32. The molecule has 8 nitrogen and oxygen atoms in total. The van der Waals surface area contributed by atoms with E-state index >= 15 is 0 Å². The number of aromatic nitrogens is 1. The van der Waals surface area contributed by atoms with Gasteiger partial charge in [-0.2, -0.15) is 0 Å². The molecular formula is C27H29FN4O4S. The summed E-state index contributed by atoms with van der Waals surface area (Å²) in [5, 5.41) is 5.97. The van der Waals surface area contributed by atoms with Gasteiger partial charge in [-0.15, -0.1) is 11.3 Å². The van der Waals surface area contributed by atoms with Crippen molar-refractivity contribution in [3.8, 4) is 0 Å². The molecule has 1 aromatic heterocycles. The number of benzene rings is 2. The first-order chi connectivity index (χ1) is 17.7. The van der Waals surface area contributed by atoms with Crippen molar-refractivity contribution in [1.29, 1.82) is 0 Å². The van der Waals surface area contributed by atoms with E-state index in [1.165, 1.54) is 42.7 Å². The first kappa shape index (κ1) is 26.4. The van der Waals surface area contributed by atoms with Crippen LogP contribution >= 0.6 is 11.3 Å². The van der Waals surface area contributed by atoms with Crippen molar-refractivity contribution in [2.75, 3.05) is 24.3 Å². The van der Waals surface area contributed by atoms with Gasteiger partial charge in [-0.1, -0.05) is 6.07 Å². The highest BCUT2D eigenvalue weighted by Crippen LogP contribution is 2.28. The third kappa shape index (κ3) is 6.58. The van der Waals surface area contributed by atoms with E-state index < -0.39 is 5.97 Å². The molecule has 0 saturated carbocycles. The van der Waals surface area contributed by atoms with Crippen LogP contribution in [0.25, 0.3) is 0 Å². The van der Waals surface area contributed by atoms with Crippen LogP contribution in [0.2, 0.25) is 0 Å². The topological polar surface area (TPSA) is 101 Å². The third-order valence-electron chi connectivity index (χ3n) is 6.21. The minimum atomic E-state index is -0.533. The number of ether oxygens (including phenoxy) is 1. The standard InChI is InChI=1S/C27H29FN4O4S/c1-16(2)32-13-12-21-23(15-32)37-26(31-21)25(34)30-22-14-18(27(35)36-3)5-4-17(22)6-11-24(33)29-20-9-7-19(28)8-10-20/h4-5,7-10,14,16H,6,11-13,15H2,1-3H3,(H,29,33)(H,30,34). The number of nitrogens with zero attached hydrogens (tertiary/aromatic N) is 2. The molecule has 2 heterocycles. The van der Waals surface area contributed by atoms with Crippen LogP contribution in [0.5, 0.6) is 0 Å². The predicted molar refractivity (Wildman–Crippen MR) is 140 cm³/mol. The average molecular weight is 525 g/mol. The Kier molecular flexibility index (Phi) is 8.30. The molecule has 2 amide bonds. The molecule has 2 aromatic carbocycles. The molecule has 0 saturated heterocycles. The maximum absolute atomic E-state index is 13.2. The number of carbonyl (C=O) groups excluding carboxylic acids is 3. The maximum Gasteiger partial charge on any atom is 0.337 e. The number of fused-ring (bicyclic) bond motifs is 1. The van der Waals surface area contributed by atoms with E-state index in [-0.39, 0.29) is 29.6 Å². The van der Waals surface area contributed by atoms with Gasteiger partial charge in [-0.05, 0) is 62.2 Å². The summed E-state index contributed by atoms with van der Waals surface area (Å²) < 4.78 is 17.9. The number of nitrogens with one attached hydrogen (secondary N) is 2.